The Morgan fingerprint density at radius 2 is 1.65 bits per heavy atom. The van der Waals surface area contributed by atoms with E-state index < -0.39 is 0 Å². The van der Waals surface area contributed by atoms with Gasteiger partial charge >= 0.3 is 0 Å². The van der Waals surface area contributed by atoms with E-state index in [0.29, 0.717) is 25.2 Å². The number of benzene rings is 2. The van der Waals surface area contributed by atoms with Crippen molar-refractivity contribution < 1.29 is 9.59 Å². The Bertz CT molecular complexity index is 762. The molecule has 0 spiro atoms. The van der Waals surface area contributed by atoms with E-state index in [1.54, 1.807) is 24.1 Å². The van der Waals surface area contributed by atoms with Crippen molar-refractivity contribution in [1.82, 2.24) is 15.1 Å². The van der Waals surface area contributed by atoms with Gasteiger partial charge in [0.15, 0.2) is 0 Å². The number of likely N-dealkylation sites (N-methyl/N-ethyl adjacent to an activating group) is 2. The van der Waals surface area contributed by atoms with Crippen LogP contribution in [0.1, 0.15) is 21.5 Å². The standard InChI is InChI=1S/C20H24BrN3O2/c1-22-20(26)16-10-8-15(9-11-16)12-23(2)14-19(25)24(3)13-17-6-4-5-7-18(17)21/h4-11H,12-14H2,1-3H3,(H,22,26). The summed E-state index contributed by atoms with van der Waals surface area (Å²) in [7, 11) is 5.34. The van der Waals surface area contributed by atoms with Crippen LogP contribution < -0.4 is 5.32 Å². The number of carbonyl (C=O) groups excluding carboxylic acids is 2. The third-order valence-electron chi connectivity index (χ3n) is 4.09. The van der Waals surface area contributed by atoms with Crippen LogP contribution in [0.15, 0.2) is 53.0 Å². The average Bonchev–Trinajstić information content (AvgIpc) is 2.63. The Labute approximate surface area is 163 Å². The summed E-state index contributed by atoms with van der Waals surface area (Å²) in [6, 6.07) is 15.3. The van der Waals surface area contributed by atoms with Crippen LogP contribution in [0.3, 0.4) is 0 Å². The highest BCUT2D eigenvalue weighted by atomic mass is 79.9. The first kappa shape index (κ1) is 20.1. The summed E-state index contributed by atoms with van der Waals surface area (Å²) in [6.07, 6.45) is 0. The average molecular weight is 418 g/mol. The molecule has 6 heteroatoms. The van der Waals surface area contributed by atoms with Crippen LogP contribution >= 0.6 is 15.9 Å². The van der Waals surface area contributed by atoms with Crippen LogP contribution in [-0.2, 0) is 17.9 Å². The number of hydrogen-bond donors (Lipinski definition) is 1. The van der Waals surface area contributed by atoms with Crippen LogP contribution in [-0.4, -0.2) is 49.3 Å². The minimum Gasteiger partial charge on any atom is -0.355 e. The first-order valence-corrected chi connectivity index (χ1v) is 9.17. The largest absolute Gasteiger partial charge is 0.355 e. The van der Waals surface area contributed by atoms with Gasteiger partial charge < -0.3 is 10.2 Å². The molecule has 0 fully saturated rings. The maximum atomic E-state index is 12.5. The molecule has 26 heavy (non-hydrogen) atoms. The molecule has 0 aliphatic heterocycles. The Balaban J connectivity index is 1.88. The van der Waals surface area contributed by atoms with E-state index in [1.165, 1.54) is 0 Å². The Kier molecular flexibility index (Phi) is 7.36. The second-order valence-corrected chi connectivity index (χ2v) is 7.14. The van der Waals surface area contributed by atoms with Gasteiger partial charge in [0.1, 0.15) is 0 Å². The molecule has 1 N–H and O–H groups in total. The monoisotopic (exact) mass is 417 g/mol. The molecular formula is C20H24BrN3O2. The molecule has 2 amide bonds. The predicted molar refractivity (Wildman–Crippen MR) is 107 cm³/mol. The van der Waals surface area contributed by atoms with Gasteiger partial charge in [-0.05, 0) is 36.4 Å². The molecule has 2 aromatic rings. The molecule has 5 nitrogen and oxygen atoms in total. The normalized spacial score (nSPS) is 10.7. The third kappa shape index (κ3) is 5.68. The van der Waals surface area contributed by atoms with Gasteiger partial charge in [0.2, 0.25) is 5.91 Å². The molecule has 0 heterocycles. The summed E-state index contributed by atoms with van der Waals surface area (Å²) in [5.74, 6) is -0.0426. The van der Waals surface area contributed by atoms with Crippen molar-refractivity contribution >= 4 is 27.7 Å². The summed E-state index contributed by atoms with van der Waals surface area (Å²) < 4.78 is 1.00. The fourth-order valence-corrected chi connectivity index (χ4v) is 3.01. The minimum absolute atomic E-state index is 0.0604. The number of rotatable bonds is 7. The summed E-state index contributed by atoms with van der Waals surface area (Å²) in [4.78, 5) is 27.7. The number of nitrogens with zero attached hydrogens (tertiary/aromatic N) is 2. The number of hydrogen-bond acceptors (Lipinski definition) is 3. The quantitative estimate of drug-likeness (QED) is 0.753. The highest BCUT2D eigenvalue weighted by Crippen LogP contribution is 2.17. The van der Waals surface area contributed by atoms with E-state index in [1.807, 2.05) is 55.4 Å². The SMILES string of the molecule is CNC(=O)c1ccc(CN(C)CC(=O)N(C)Cc2ccccc2Br)cc1. The van der Waals surface area contributed by atoms with Gasteiger partial charge in [-0.15, -0.1) is 0 Å². The second-order valence-electron chi connectivity index (χ2n) is 6.29. The number of nitrogens with one attached hydrogen (secondary N) is 1. The minimum atomic E-state index is -0.103. The Morgan fingerprint density at radius 3 is 2.27 bits per heavy atom. The molecule has 2 aromatic carbocycles. The molecule has 0 aliphatic carbocycles. The first-order valence-electron chi connectivity index (χ1n) is 8.37. The molecule has 0 bridgehead atoms. The lowest BCUT2D eigenvalue weighted by Crippen LogP contribution is -2.36. The van der Waals surface area contributed by atoms with Crippen LogP contribution in [0, 0.1) is 0 Å². The highest BCUT2D eigenvalue weighted by molar-refractivity contribution is 9.10. The van der Waals surface area contributed by atoms with Gasteiger partial charge in [-0.3, -0.25) is 14.5 Å². The molecule has 0 saturated heterocycles. The van der Waals surface area contributed by atoms with E-state index in [9.17, 15) is 9.59 Å². The van der Waals surface area contributed by atoms with E-state index in [-0.39, 0.29) is 11.8 Å². The lowest BCUT2D eigenvalue weighted by molar-refractivity contribution is -0.131. The van der Waals surface area contributed by atoms with Gasteiger partial charge in [-0.1, -0.05) is 46.3 Å². The van der Waals surface area contributed by atoms with Crippen molar-refractivity contribution in [2.45, 2.75) is 13.1 Å². The van der Waals surface area contributed by atoms with Crippen molar-refractivity contribution in [3.63, 3.8) is 0 Å². The fraction of sp³-hybridized carbons (Fsp3) is 0.300. The zero-order chi connectivity index (χ0) is 19.1. The Morgan fingerprint density at radius 1 is 1.00 bits per heavy atom. The van der Waals surface area contributed by atoms with Crippen molar-refractivity contribution in [2.75, 3.05) is 27.7 Å². The van der Waals surface area contributed by atoms with Crippen LogP contribution in [0.5, 0.6) is 0 Å². The smallest absolute Gasteiger partial charge is 0.251 e. The summed E-state index contributed by atoms with van der Waals surface area (Å²) in [5.41, 5.74) is 2.76. The molecule has 138 valence electrons. The third-order valence-corrected chi connectivity index (χ3v) is 4.87. The predicted octanol–water partition coefficient (Wildman–Crippen LogP) is 2.90. The lowest BCUT2D eigenvalue weighted by atomic mass is 10.1. The molecule has 0 unspecified atom stereocenters. The molecular weight excluding hydrogens is 394 g/mol. The molecule has 0 saturated carbocycles. The van der Waals surface area contributed by atoms with Crippen LogP contribution in [0.4, 0.5) is 0 Å². The lowest BCUT2D eigenvalue weighted by Gasteiger charge is -2.22. The van der Waals surface area contributed by atoms with Gasteiger partial charge in [0.05, 0.1) is 6.54 Å². The molecule has 0 atom stereocenters. The zero-order valence-corrected chi connectivity index (χ0v) is 16.9. The Hall–Kier alpha value is -2.18. The van der Waals surface area contributed by atoms with E-state index >= 15 is 0 Å². The van der Waals surface area contributed by atoms with Gasteiger partial charge in [0, 0.05) is 37.2 Å². The van der Waals surface area contributed by atoms with E-state index in [0.717, 1.165) is 15.6 Å². The topological polar surface area (TPSA) is 52.7 Å². The molecule has 0 aliphatic rings. The summed E-state index contributed by atoms with van der Waals surface area (Å²) in [6.45, 7) is 1.54. The number of carbonyl (C=O) groups is 2. The summed E-state index contributed by atoms with van der Waals surface area (Å²) >= 11 is 3.51. The van der Waals surface area contributed by atoms with Crippen molar-refractivity contribution in [2.24, 2.45) is 0 Å². The summed E-state index contributed by atoms with van der Waals surface area (Å²) in [5, 5.41) is 2.60. The van der Waals surface area contributed by atoms with Crippen molar-refractivity contribution in [3.05, 3.63) is 69.7 Å². The maximum Gasteiger partial charge on any atom is 0.251 e. The van der Waals surface area contributed by atoms with Gasteiger partial charge in [-0.2, -0.15) is 0 Å². The zero-order valence-electron chi connectivity index (χ0n) is 15.3. The van der Waals surface area contributed by atoms with Crippen molar-refractivity contribution in [1.29, 1.82) is 0 Å². The molecule has 0 aromatic heterocycles. The molecule has 2 rings (SSSR count). The van der Waals surface area contributed by atoms with E-state index in [4.69, 9.17) is 0 Å². The van der Waals surface area contributed by atoms with Gasteiger partial charge in [0.25, 0.3) is 5.91 Å². The maximum absolute atomic E-state index is 12.5. The second kappa shape index (κ2) is 9.50. The van der Waals surface area contributed by atoms with Crippen LogP contribution in [0.25, 0.3) is 0 Å². The van der Waals surface area contributed by atoms with E-state index in [2.05, 4.69) is 21.2 Å². The van der Waals surface area contributed by atoms with Crippen LogP contribution in [0.2, 0.25) is 0 Å². The first-order chi connectivity index (χ1) is 12.4. The highest BCUT2D eigenvalue weighted by Gasteiger charge is 2.13. The molecule has 0 radical (unpaired) electrons. The number of halogens is 1. The van der Waals surface area contributed by atoms with Gasteiger partial charge in [-0.25, -0.2) is 0 Å². The fourth-order valence-electron chi connectivity index (χ4n) is 2.60. The van der Waals surface area contributed by atoms with Crippen molar-refractivity contribution in [3.8, 4) is 0 Å². The number of amides is 2.